The van der Waals surface area contributed by atoms with E-state index in [1.807, 2.05) is 0 Å². The van der Waals surface area contributed by atoms with Gasteiger partial charge in [0.1, 0.15) is 11.4 Å². The van der Waals surface area contributed by atoms with Crippen LogP contribution in [0.25, 0.3) is 0 Å². The second kappa shape index (κ2) is 6.00. The number of amides is 2. The first-order valence-electron chi connectivity index (χ1n) is 5.59. The number of carboxylic acid groups (broad SMARTS) is 1. The number of nitrogens with one attached hydrogen (secondary N) is 1. The van der Waals surface area contributed by atoms with Crippen molar-refractivity contribution >= 4 is 17.7 Å². The van der Waals surface area contributed by atoms with E-state index in [-0.39, 0.29) is 5.69 Å². The molecule has 0 spiro atoms. The molecule has 0 aliphatic rings. The van der Waals surface area contributed by atoms with Crippen LogP contribution in [0.2, 0.25) is 0 Å². The van der Waals surface area contributed by atoms with E-state index in [9.17, 15) is 14.0 Å². The maximum Gasteiger partial charge on any atom is 0.340 e. The van der Waals surface area contributed by atoms with Crippen LogP contribution in [0.1, 0.15) is 24.2 Å². The molecule has 0 aliphatic heterocycles. The molecule has 2 amide bonds. The molecule has 1 aromatic rings. The molecule has 0 atom stereocenters. The van der Waals surface area contributed by atoms with Crippen LogP contribution in [-0.4, -0.2) is 35.1 Å². The van der Waals surface area contributed by atoms with Gasteiger partial charge in [-0.3, -0.25) is 0 Å². The van der Waals surface area contributed by atoms with Crippen molar-refractivity contribution in [3.05, 3.63) is 29.6 Å². The van der Waals surface area contributed by atoms with Gasteiger partial charge in [-0.25, -0.2) is 14.0 Å². The Morgan fingerprint density at radius 2 is 1.94 bits per heavy atom. The molecule has 0 aromatic heterocycles. The van der Waals surface area contributed by atoms with Crippen molar-refractivity contribution < 1.29 is 19.1 Å². The molecule has 0 heterocycles. The number of carbonyl (C=O) groups excluding carboxylic acids is 1. The van der Waals surface area contributed by atoms with Crippen molar-refractivity contribution in [3.8, 4) is 0 Å². The second-order valence-electron chi connectivity index (χ2n) is 3.57. The largest absolute Gasteiger partial charge is 0.478 e. The van der Waals surface area contributed by atoms with Gasteiger partial charge in [-0.05, 0) is 26.0 Å². The minimum absolute atomic E-state index is 0.0422. The topological polar surface area (TPSA) is 69.6 Å². The zero-order valence-electron chi connectivity index (χ0n) is 10.2. The molecule has 1 rings (SSSR count). The molecule has 2 N–H and O–H groups in total. The summed E-state index contributed by atoms with van der Waals surface area (Å²) < 4.78 is 13.4. The summed E-state index contributed by atoms with van der Waals surface area (Å²) in [5.74, 6) is -2.29. The molecule has 1 aromatic carbocycles. The van der Waals surface area contributed by atoms with Gasteiger partial charge in [0.2, 0.25) is 0 Å². The number of carbonyl (C=O) groups is 2. The summed E-state index contributed by atoms with van der Waals surface area (Å²) in [6.45, 7) is 4.57. The first-order chi connectivity index (χ1) is 8.51. The highest BCUT2D eigenvalue weighted by molar-refractivity contribution is 6.00. The predicted octanol–water partition coefficient (Wildman–Crippen LogP) is 2.40. The molecule has 0 radical (unpaired) electrons. The normalized spacial score (nSPS) is 9.94. The first-order valence-corrected chi connectivity index (χ1v) is 5.59. The number of anilines is 1. The van der Waals surface area contributed by atoms with Crippen LogP contribution in [0.15, 0.2) is 18.2 Å². The van der Waals surface area contributed by atoms with Gasteiger partial charge in [-0.1, -0.05) is 6.07 Å². The summed E-state index contributed by atoms with van der Waals surface area (Å²) in [5, 5.41) is 11.3. The third-order valence-electron chi connectivity index (χ3n) is 2.52. The van der Waals surface area contributed by atoms with E-state index in [2.05, 4.69) is 5.32 Å². The van der Waals surface area contributed by atoms with Crippen molar-refractivity contribution in [1.82, 2.24) is 4.90 Å². The Kier molecular flexibility index (Phi) is 4.65. The fraction of sp³-hybridized carbons (Fsp3) is 0.333. The molecule has 6 heteroatoms. The Labute approximate surface area is 104 Å². The summed E-state index contributed by atoms with van der Waals surface area (Å²) in [6, 6.07) is 3.29. The van der Waals surface area contributed by atoms with Gasteiger partial charge < -0.3 is 15.3 Å². The lowest BCUT2D eigenvalue weighted by atomic mass is 10.1. The Bertz CT molecular complexity index is 459. The van der Waals surface area contributed by atoms with Gasteiger partial charge >= 0.3 is 12.0 Å². The number of hydrogen-bond donors (Lipinski definition) is 2. The van der Waals surface area contributed by atoms with Gasteiger partial charge in [0, 0.05) is 13.1 Å². The second-order valence-corrected chi connectivity index (χ2v) is 3.57. The fourth-order valence-corrected chi connectivity index (χ4v) is 1.55. The first kappa shape index (κ1) is 14.0. The molecule has 98 valence electrons. The zero-order valence-corrected chi connectivity index (χ0v) is 10.2. The van der Waals surface area contributed by atoms with Crippen molar-refractivity contribution in [2.75, 3.05) is 18.4 Å². The summed E-state index contributed by atoms with van der Waals surface area (Å²) in [6.07, 6.45) is 0. The van der Waals surface area contributed by atoms with Gasteiger partial charge in [0.05, 0.1) is 5.69 Å². The number of benzene rings is 1. The highest BCUT2D eigenvalue weighted by Crippen LogP contribution is 2.19. The zero-order chi connectivity index (χ0) is 13.7. The van der Waals surface area contributed by atoms with E-state index in [1.54, 1.807) is 13.8 Å². The monoisotopic (exact) mass is 254 g/mol. The van der Waals surface area contributed by atoms with Crippen molar-refractivity contribution in [2.45, 2.75) is 13.8 Å². The maximum absolute atomic E-state index is 13.4. The Morgan fingerprint density at radius 1 is 1.33 bits per heavy atom. The molecule has 0 saturated heterocycles. The van der Waals surface area contributed by atoms with Crippen molar-refractivity contribution in [3.63, 3.8) is 0 Å². The quantitative estimate of drug-likeness (QED) is 0.866. The molecule has 0 saturated carbocycles. The molecule has 0 unspecified atom stereocenters. The minimum atomic E-state index is -1.41. The smallest absolute Gasteiger partial charge is 0.340 e. The molecular weight excluding hydrogens is 239 g/mol. The number of urea groups is 1. The van der Waals surface area contributed by atoms with E-state index in [0.29, 0.717) is 13.1 Å². The number of rotatable bonds is 4. The third kappa shape index (κ3) is 2.97. The fourth-order valence-electron chi connectivity index (χ4n) is 1.55. The number of carboxylic acids is 1. The molecule has 0 fully saturated rings. The lowest BCUT2D eigenvalue weighted by Crippen LogP contribution is -2.35. The van der Waals surface area contributed by atoms with Crippen LogP contribution in [0, 0.1) is 5.82 Å². The third-order valence-corrected chi connectivity index (χ3v) is 2.52. The number of halogens is 1. The molecular formula is C12H15FN2O3. The van der Waals surface area contributed by atoms with E-state index >= 15 is 0 Å². The van der Waals surface area contributed by atoms with Crippen molar-refractivity contribution in [1.29, 1.82) is 0 Å². The summed E-state index contributed by atoms with van der Waals surface area (Å²) in [5.41, 5.74) is -0.572. The Balaban J connectivity index is 3.01. The average molecular weight is 254 g/mol. The summed E-state index contributed by atoms with van der Waals surface area (Å²) in [7, 11) is 0. The van der Waals surface area contributed by atoms with E-state index in [4.69, 9.17) is 5.11 Å². The van der Waals surface area contributed by atoms with Crippen molar-refractivity contribution in [2.24, 2.45) is 0 Å². The van der Waals surface area contributed by atoms with E-state index in [0.717, 1.165) is 6.07 Å². The number of hydrogen-bond acceptors (Lipinski definition) is 2. The van der Waals surface area contributed by atoms with Crippen LogP contribution in [-0.2, 0) is 0 Å². The molecule has 5 nitrogen and oxygen atoms in total. The minimum Gasteiger partial charge on any atom is -0.478 e. The standard InChI is InChI=1S/C12H15FN2O3/c1-3-15(4-2)12(18)14-9-7-5-6-8(13)10(9)11(16)17/h5-7H,3-4H2,1-2H3,(H,14,18)(H,16,17). The predicted molar refractivity (Wildman–Crippen MR) is 65.3 cm³/mol. The van der Waals surface area contributed by atoms with E-state index in [1.165, 1.54) is 17.0 Å². The van der Waals surface area contributed by atoms with Crippen LogP contribution < -0.4 is 5.32 Å². The Morgan fingerprint density at radius 3 is 2.44 bits per heavy atom. The lowest BCUT2D eigenvalue weighted by Gasteiger charge is -2.19. The molecule has 0 aliphatic carbocycles. The summed E-state index contributed by atoms with van der Waals surface area (Å²) in [4.78, 5) is 24.2. The number of aromatic carboxylic acids is 1. The maximum atomic E-state index is 13.4. The van der Waals surface area contributed by atoms with Crippen LogP contribution in [0.4, 0.5) is 14.9 Å². The molecule has 0 bridgehead atoms. The SMILES string of the molecule is CCN(CC)C(=O)Nc1cccc(F)c1C(=O)O. The lowest BCUT2D eigenvalue weighted by molar-refractivity contribution is 0.0693. The Hall–Kier alpha value is -2.11. The van der Waals surface area contributed by atoms with Gasteiger partial charge in [0.15, 0.2) is 0 Å². The molecule has 18 heavy (non-hydrogen) atoms. The summed E-state index contributed by atoms with van der Waals surface area (Å²) >= 11 is 0. The number of nitrogens with zero attached hydrogens (tertiary/aromatic N) is 1. The highest BCUT2D eigenvalue weighted by atomic mass is 19.1. The van der Waals surface area contributed by atoms with E-state index < -0.39 is 23.4 Å². The van der Waals surface area contributed by atoms with Crippen LogP contribution >= 0.6 is 0 Å². The average Bonchev–Trinajstić information content (AvgIpc) is 2.30. The highest BCUT2D eigenvalue weighted by Gasteiger charge is 2.18. The van der Waals surface area contributed by atoms with Crippen LogP contribution in [0.3, 0.4) is 0 Å². The van der Waals surface area contributed by atoms with Gasteiger partial charge in [-0.2, -0.15) is 0 Å². The van der Waals surface area contributed by atoms with Crippen LogP contribution in [0.5, 0.6) is 0 Å². The van der Waals surface area contributed by atoms with Gasteiger partial charge in [0.25, 0.3) is 0 Å². The van der Waals surface area contributed by atoms with Gasteiger partial charge in [-0.15, -0.1) is 0 Å².